The van der Waals surface area contributed by atoms with E-state index in [1.54, 1.807) is 48.5 Å². The maximum atomic E-state index is 11.9. The molecule has 2 rings (SSSR count). The lowest BCUT2D eigenvalue weighted by atomic mass is 9.91. The molecule has 0 fully saturated rings. The van der Waals surface area contributed by atoms with E-state index in [0.29, 0.717) is 22.7 Å². The number of hydrogen-bond acceptors (Lipinski definition) is 6. The quantitative estimate of drug-likeness (QED) is 0.359. The smallest absolute Gasteiger partial charge is 0.311 e. The Morgan fingerprint density at radius 2 is 1.56 bits per heavy atom. The van der Waals surface area contributed by atoms with E-state index < -0.39 is 5.41 Å². The molecule has 6 nitrogen and oxygen atoms in total. The fourth-order valence-electron chi connectivity index (χ4n) is 1.96. The van der Waals surface area contributed by atoms with Crippen molar-refractivity contribution < 1.29 is 14.3 Å². The van der Waals surface area contributed by atoms with Crippen molar-refractivity contribution in [3.8, 4) is 11.8 Å². The van der Waals surface area contributed by atoms with Crippen LogP contribution in [0.2, 0.25) is 0 Å². The summed E-state index contributed by atoms with van der Waals surface area (Å²) in [6, 6.07) is 16.1. The van der Waals surface area contributed by atoms with Crippen molar-refractivity contribution in [3.63, 3.8) is 0 Å². The number of benzene rings is 2. The van der Waals surface area contributed by atoms with Crippen LogP contribution in [0.15, 0.2) is 58.8 Å². The van der Waals surface area contributed by atoms with Gasteiger partial charge in [-0.15, -0.1) is 0 Å². The molecule has 0 unspecified atom stereocenters. The van der Waals surface area contributed by atoms with Gasteiger partial charge in [0.05, 0.1) is 28.4 Å². The third-order valence-electron chi connectivity index (χ3n) is 4.14. The van der Waals surface area contributed by atoms with E-state index in [1.807, 2.05) is 20.8 Å². The first-order chi connectivity index (χ1) is 12.9. The van der Waals surface area contributed by atoms with Crippen LogP contribution >= 0.6 is 0 Å². The number of carbonyl (C=O) groups excluding carboxylic acids is 1. The van der Waals surface area contributed by atoms with Crippen molar-refractivity contribution >= 4 is 17.3 Å². The summed E-state index contributed by atoms with van der Waals surface area (Å²) < 4.78 is 10.8. The van der Waals surface area contributed by atoms with E-state index in [-0.39, 0.29) is 19.2 Å². The van der Waals surface area contributed by atoms with Crippen LogP contribution in [0.25, 0.3) is 0 Å². The van der Waals surface area contributed by atoms with E-state index >= 15 is 0 Å². The summed E-state index contributed by atoms with van der Waals surface area (Å²) >= 11 is 0. The minimum Gasteiger partial charge on any atom is -0.490 e. The minimum atomic E-state index is -0.471. The second kappa shape index (κ2) is 9.48. The normalized spacial score (nSPS) is 11.2. The van der Waals surface area contributed by atoms with Crippen molar-refractivity contribution in [2.75, 3.05) is 13.2 Å². The van der Waals surface area contributed by atoms with E-state index in [9.17, 15) is 4.79 Å². The molecule has 6 heteroatoms. The zero-order valence-corrected chi connectivity index (χ0v) is 15.8. The molecule has 140 valence electrons. The Morgan fingerprint density at radius 3 is 2.07 bits per heavy atom. The van der Waals surface area contributed by atoms with Crippen LogP contribution in [0.4, 0.5) is 11.4 Å². The molecule has 0 aliphatic rings. The number of nitrogens with zero attached hydrogens (tertiary/aromatic N) is 3. The Hall–Kier alpha value is -3.20. The summed E-state index contributed by atoms with van der Waals surface area (Å²) in [6.45, 7) is 6.18. The molecule has 0 N–H and O–H groups in total. The van der Waals surface area contributed by atoms with Gasteiger partial charge in [-0.05, 0) is 68.8 Å². The lowest BCUT2D eigenvalue weighted by molar-refractivity contribution is -0.154. The zero-order valence-electron chi connectivity index (χ0n) is 15.8. The Labute approximate surface area is 159 Å². The van der Waals surface area contributed by atoms with Crippen LogP contribution in [0, 0.1) is 16.7 Å². The average molecular weight is 365 g/mol. The van der Waals surface area contributed by atoms with Crippen LogP contribution in [0.3, 0.4) is 0 Å². The number of ether oxygens (including phenoxy) is 2. The summed E-state index contributed by atoms with van der Waals surface area (Å²) in [5.41, 5.74) is 1.47. The second-order valence-corrected chi connectivity index (χ2v) is 6.57. The maximum Gasteiger partial charge on any atom is 0.311 e. The average Bonchev–Trinajstić information content (AvgIpc) is 2.70. The maximum absolute atomic E-state index is 11.9. The largest absolute Gasteiger partial charge is 0.490 e. The predicted molar refractivity (Wildman–Crippen MR) is 102 cm³/mol. The van der Waals surface area contributed by atoms with Gasteiger partial charge in [-0.3, -0.25) is 4.79 Å². The SMILES string of the molecule is CCC(C)(C)C(=O)OCCOc1ccc(N=Nc2ccc(C#N)cc2)cc1. The molecule has 0 aromatic heterocycles. The highest BCUT2D eigenvalue weighted by Gasteiger charge is 2.26. The molecule has 0 bridgehead atoms. The molecule has 0 saturated carbocycles. The van der Waals surface area contributed by atoms with E-state index in [1.165, 1.54) is 0 Å². The summed E-state index contributed by atoms with van der Waals surface area (Å²) in [6.07, 6.45) is 0.727. The number of azo groups is 1. The van der Waals surface area contributed by atoms with Gasteiger partial charge in [-0.1, -0.05) is 6.92 Å². The first kappa shape index (κ1) is 20.1. The van der Waals surface area contributed by atoms with Gasteiger partial charge in [0.25, 0.3) is 0 Å². The highest BCUT2D eigenvalue weighted by molar-refractivity contribution is 5.75. The third kappa shape index (κ3) is 6.23. The van der Waals surface area contributed by atoms with Crippen molar-refractivity contribution in [3.05, 3.63) is 54.1 Å². The molecule has 0 amide bonds. The summed E-state index contributed by atoms with van der Waals surface area (Å²) in [5, 5.41) is 17.0. The van der Waals surface area contributed by atoms with Gasteiger partial charge in [0, 0.05) is 0 Å². The molecule has 0 atom stereocenters. The fraction of sp³-hybridized carbons (Fsp3) is 0.333. The van der Waals surface area contributed by atoms with E-state index in [4.69, 9.17) is 14.7 Å². The number of carbonyl (C=O) groups is 1. The van der Waals surface area contributed by atoms with Crippen molar-refractivity contribution in [1.82, 2.24) is 0 Å². The first-order valence-corrected chi connectivity index (χ1v) is 8.76. The number of esters is 1. The first-order valence-electron chi connectivity index (χ1n) is 8.76. The third-order valence-corrected chi connectivity index (χ3v) is 4.14. The number of rotatable bonds is 8. The Balaban J connectivity index is 1.80. The standard InChI is InChI=1S/C21H23N3O3/c1-4-21(2,3)20(25)27-14-13-26-19-11-9-18(10-12-19)24-23-17-7-5-16(15-22)6-8-17/h5-12H,4,13-14H2,1-3H3. The van der Waals surface area contributed by atoms with Crippen LogP contribution in [0.1, 0.15) is 32.8 Å². The lowest BCUT2D eigenvalue weighted by Gasteiger charge is -2.20. The minimum absolute atomic E-state index is 0.211. The van der Waals surface area contributed by atoms with Crippen LogP contribution in [-0.2, 0) is 9.53 Å². The fourth-order valence-corrected chi connectivity index (χ4v) is 1.96. The molecule has 0 aliphatic carbocycles. The van der Waals surface area contributed by atoms with Gasteiger partial charge in [0.1, 0.15) is 19.0 Å². The van der Waals surface area contributed by atoms with Crippen LogP contribution < -0.4 is 4.74 Å². The van der Waals surface area contributed by atoms with Gasteiger partial charge in [0.15, 0.2) is 0 Å². The molecular weight excluding hydrogens is 342 g/mol. The molecule has 0 radical (unpaired) electrons. The van der Waals surface area contributed by atoms with Gasteiger partial charge >= 0.3 is 5.97 Å². The van der Waals surface area contributed by atoms with Gasteiger partial charge in [-0.2, -0.15) is 15.5 Å². The topological polar surface area (TPSA) is 84.0 Å². The molecule has 27 heavy (non-hydrogen) atoms. The molecule has 0 saturated heterocycles. The van der Waals surface area contributed by atoms with Gasteiger partial charge in [-0.25, -0.2) is 0 Å². The lowest BCUT2D eigenvalue weighted by Crippen LogP contribution is -2.27. The molecule has 2 aromatic carbocycles. The number of hydrogen-bond donors (Lipinski definition) is 0. The summed E-state index contributed by atoms with van der Waals surface area (Å²) in [5.74, 6) is 0.449. The summed E-state index contributed by atoms with van der Waals surface area (Å²) in [4.78, 5) is 11.9. The predicted octanol–water partition coefficient (Wildman–Crippen LogP) is 5.33. The van der Waals surface area contributed by atoms with E-state index in [2.05, 4.69) is 16.3 Å². The number of nitriles is 1. The summed E-state index contributed by atoms with van der Waals surface area (Å²) in [7, 11) is 0. The molecule has 0 spiro atoms. The monoisotopic (exact) mass is 365 g/mol. The molecule has 2 aromatic rings. The molecule has 0 heterocycles. The van der Waals surface area contributed by atoms with Crippen molar-refractivity contribution in [2.45, 2.75) is 27.2 Å². The Kier molecular flexibility index (Phi) is 7.07. The molecule has 0 aliphatic heterocycles. The van der Waals surface area contributed by atoms with Crippen molar-refractivity contribution in [1.29, 1.82) is 5.26 Å². The highest BCUT2D eigenvalue weighted by Crippen LogP contribution is 2.22. The van der Waals surface area contributed by atoms with Crippen LogP contribution in [0.5, 0.6) is 5.75 Å². The Bertz CT molecular complexity index is 819. The molecular formula is C21H23N3O3. The zero-order chi connectivity index (χ0) is 19.7. The van der Waals surface area contributed by atoms with Crippen molar-refractivity contribution in [2.24, 2.45) is 15.6 Å². The van der Waals surface area contributed by atoms with Crippen LogP contribution in [-0.4, -0.2) is 19.2 Å². The van der Waals surface area contributed by atoms with E-state index in [0.717, 1.165) is 6.42 Å². The second-order valence-electron chi connectivity index (χ2n) is 6.57. The highest BCUT2D eigenvalue weighted by atomic mass is 16.6. The van der Waals surface area contributed by atoms with Gasteiger partial charge < -0.3 is 9.47 Å². The van der Waals surface area contributed by atoms with Gasteiger partial charge in [0.2, 0.25) is 0 Å². The Morgan fingerprint density at radius 1 is 1.00 bits per heavy atom.